The summed E-state index contributed by atoms with van der Waals surface area (Å²) < 4.78 is 12.0. The van der Waals surface area contributed by atoms with Gasteiger partial charge >= 0.3 is 0 Å². The van der Waals surface area contributed by atoms with Crippen molar-refractivity contribution in [3.63, 3.8) is 0 Å². The number of thioether (sulfide) groups is 1. The van der Waals surface area contributed by atoms with E-state index in [1.54, 1.807) is 0 Å². The van der Waals surface area contributed by atoms with E-state index in [0.29, 0.717) is 5.25 Å². The normalized spacial score (nSPS) is 23.5. The first kappa shape index (κ1) is 13.1. The van der Waals surface area contributed by atoms with E-state index >= 15 is 0 Å². The van der Waals surface area contributed by atoms with E-state index in [1.807, 2.05) is 42.1 Å². The zero-order valence-corrected chi connectivity index (χ0v) is 11.8. The Kier molecular flexibility index (Phi) is 5.07. The van der Waals surface area contributed by atoms with E-state index in [4.69, 9.17) is 0 Å². The molecule has 1 aliphatic rings. The molecule has 0 amide bonds. The Morgan fingerprint density at radius 1 is 1.41 bits per heavy atom. The largest absolute Gasteiger partial charge is 0.301 e. The van der Waals surface area contributed by atoms with Crippen molar-refractivity contribution >= 4 is 22.6 Å². The van der Waals surface area contributed by atoms with Gasteiger partial charge in [0.25, 0.3) is 0 Å². The lowest BCUT2D eigenvalue weighted by Crippen LogP contribution is -2.38. The lowest BCUT2D eigenvalue weighted by atomic mass is 10.4. The number of nitrogens with zero attached hydrogens (tertiary/aromatic N) is 1. The van der Waals surface area contributed by atoms with Gasteiger partial charge < -0.3 is 4.90 Å². The molecule has 94 valence electrons. The first-order valence-electron chi connectivity index (χ1n) is 6.03. The second kappa shape index (κ2) is 6.57. The van der Waals surface area contributed by atoms with Crippen molar-refractivity contribution in [3.05, 3.63) is 30.3 Å². The molecule has 4 heteroatoms. The Labute approximate surface area is 110 Å². The minimum atomic E-state index is -0.845. The van der Waals surface area contributed by atoms with Gasteiger partial charge in [0.15, 0.2) is 0 Å². The lowest BCUT2D eigenvalue weighted by molar-refractivity contribution is 0.304. The summed E-state index contributed by atoms with van der Waals surface area (Å²) in [6, 6.07) is 9.76. The summed E-state index contributed by atoms with van der Waals surface area (Å²) in [6.07, 6.45) is 0. The average Bonchev–Trinajstić information content (AvgIpc) is 2.37. The predicted molar refractivity (Wildman–Crippen MR) is 76.1 cm³/mol. The zero-order chi connectivity index (χ0) is 12.1. The molecular formula is C13H19NOS2. The maximum absolute atomic E-state index is 12.0. The van der Waals surface area contributed by atoms with Crippen LogP contribution in [0.15, 0.2) is 35.2 Å². The van der Waals surface area contributed by atoms with Gasteiger partial charge in [0.05, 0.1) is 10.8 Å². The van der Waals surface area contributed by atoms with Crippen LogP contribution >= 0.6 is 11.8 Å². The molecule has 0 aromatic heterocycles. The van der Waals surface area contributed by atoms with Gasteiger partial charge in [-0.2, -0.15) is 11.8 Å². The van der Waals surface area contributed by atoms with Gasteiger partial charge in [0, 0.05) is 41.3 Å². The Morgan fingerprint density at radius 3 is 2.88 bits per heavy atom. The third-order valence-corrected chi connectivity index (χ3v) is 5.41. The van der Waals surface area contributed by atoms with Gasteiger partial charge in [-0.3, -0.25) is 4.21 Å². The van der Waals surface area contributed by atoms with Crippen LogP contribution in [0.1, 0.15) is 6.92 Å². The van der Waals surface area contributed by atoms with Gasteiger partial charge in [-0.25, -0.2) is 0 Å². The minimum Gasteiger partial charge on any atom is -0.301 e. The number of benzene rings is 1. The highest BCUT2D eigenvalue weighted by Crippen LogP contribution is 2.17. The lowest BCUT2D eigenvalue weighted by Gasteiger charge is -2.30. The Bertz CT molecular complexity index is 369. The van der Waals surface area contributed by atoms with E-state index in [0.717, 1.165) is 30.3 Å². The molecule has 2 nitrogen and oxygen atoms in total. The molecule has 1 saturated heterocycles. The summed E-state index contributed by atoms with van der Waals surface area (Å²) in [5, 5.41) is 0.717. The van der Waals surface area contributed by atoms with Crippen LogP contribution in [0.2, 0.25) is 0 Å². The highest BCUT2D eigenvalue weighted by atomic mass is 32.2. The molecule has 2 rings (SSSR count). The van der Waals surface area contributed by atoms with Crippen LogP contribution in [0.4, 0.5) is 0 Å². The maximum atomic E-state index is 12.0. The van der Waals surface area contributed by atoms with Gasteiger partial charge in [0.2, 0.25) is 0 Å². The summed E-state index contributed by atoms with van der Waals surface area (Å²) in [4.78, 5) is 3.38. The SMILES string of the molecule is C[C@H]1CN(CC[S@@](=O)c2ccccc2)CCS1. The number of rotatable bonds is 4. The topological polar surface area (TPSA) is 20.3 Å². The van der Waals surface area contributed by atoms with Crippen molar-refractivity contribution in [2.75, 3.05) is 31.1 Å². The average molecular weight is 269 g/mol. The molecule has 2 atom stereocenters. The second-order valence-corrected chi connectivity index (χ2v) is 7.46. The third kappa shape index (κ3) is 4.12. The highest BCUT2D eigenvalue weighted by molar-refractivity contribution is 7.99. The van der Waals surface area contributed by atoms with Crippen LogP contribution in [-0.4, -0.2) is 45.5 Å². The number of hydrogen-bond donors (Lipinski definition) is 0. The maximum Gasteiger partial charge on any atom is 0.0542 e. The van der Waals surface area contributed by atoms with Gasteiger partial charge in [-0.1, -0.05) is 25.1 Å². The molecule has 0 saturated carbocycles. The quantitative estimate of drug-likeness (QED) is 0.836. The molecule has 1 fully saturated rings. The van der Waals surface area contributed by atoms with Crippen molar-refractivity contribution in [1.82, 2.24) is 4.90 Å². The predicted octanol–water partition coefficient (Wildman–Crippen LogP) is 2.23. The molecule has 0 unspecified atom stereocenters. The standard InChI is InChI=1S/C13H19NOS2/c1-12-11-14(7-9-16-12)8-10-17(15)13-5-3-2-4-6-13/h2-6,12H,7-11H2,1H3/t12-,17+/m0/s1. The summed E-state index contributed by atoms with van der Waals surface area (Å²) >= 11 is 2.03. The first-order valence-corrected chi connectivity index (χ1v) is 8.40. The van der Waals surface area contributed by atoms with E-state index in [9.17, 15) is 4.21 Å². The van der Waals surface area contributed by atoms with Crippen LogP contribution in [0.5, 0.6) is 0 Å². The van der Waals surface area contributed by atoms with Crippen molar-refractivity contribution < 1.29 is 4.21 Å². The molecule has 0 aliphatic carbocycles. The van der Waals surface area contributed by atoms with Gasteiger partial charge in [0.1, 0.15) is 0 Å². The molecule has 1 aliphatic heterocycles. The van der Waals surface area contributed by atoms with Crippen LogP contribution in [0, 0.1) is 0 Å². The molecule has 0 bridgehead atoms. The minimum absolute atomic E-state index is 0.717. The molecule has 0 spiro atoms. The van der Waals surface area contributed by atoms with Crippen molar-refractivity contribution in [2.24, 2.45) is 0 Å². The van der Waals surface area contributed by atoms with Crippen molar-refractivity contribution in [2.45, 2.75) is 17.1 Å². The molecule has 17 heavy (non-hydrogen) atoms. The Morgan fingerprint density at radius 2 is 2.18 bits per heavy atom. The smallest absolute Gasteiger partial charge is 0.0542 e. The summed E-state index contributed by atoms with van der Waals surface area (Å²) in [7, 11) is -0.845. The second-order valence-electron chi connectivity index (χ2n) is 4.34. The monoisotopic (exact) mass is 269 g/mol. The van der Waals surface area contributed by atoms with E-state index < -0.39 is 10.8 Å². The molecule has 1 aromatic rings. The molecule has 1 aromatic carbocycles. The highest BCUT2D eigenvalue weighted by Gasteiger charge is 2.17. The molecule has 0 radical (unpaired) electrons. The summed E-state index contributed by atoms with van der Waals surface area (Å²) in [6.45, 7) is 5.50. The Balaban J connectivity index is 1.80. The molecular weight excluding hydrogens is 250 g/mol. The molecule has 1 heterocycles. The van der Waals surface area contributed by atoms with Crippen LogP contribution in [-0.2, 0) is 10.8 Å². The van der Waals surface area contributed by atoms with Crippen molar-refractivity contribution in [1.29, 1.82) is 0 Å². The fraction of sp³-hybridized carbons (Fsp3) is 0.538. The summed E-state index contributed by atoms with van der Waals surface area (Å²) in [5.41, 5.74) is 0. The van der Waals surface area contributed by atoms with Gasteiger partial charge in [-0.05, 0) is 12.1 Å². The third-order valence-electron chi connectivity index (χ3n) is 2.92. The summed E-state index contributed by atoms with van der Waals surface area (Å²) in [5.74, 6) is 1.96. The fourth-order valence-electron chi connectivity index (χ4n) is 2.00. The Hall–Kier alpha value is -0.320. The van der Waals surface area contributed by atoms with Crippen LogP contribution in [0.3, 0.4) is 0 Å². The van der Waals surface area contributed by atoms with Crippen molar-refractivity contribution in [3.8, 4) is 0 Å². The van der Waals surface area contributed by atoms with E-state index in [2.05, 4.69) is 11.8 Å². The zero-order valence-electron chi connectivity index (χ0n) is 10.2. The van der Waals surface area contributed by atoms with Gasteiger partial charge in [-0.15, -0.1) is 0 Å². The molecule has 0 N–H and O–H groups in total. The number of hydrogen-bond acceptors (Lipinski definition) is 3. The van der Waals surface area contributed by atoms with Crippen LogP contribution < -0.4 is 0 Å². The first-order chi connectivity index (χ1) is 8.25. The fourth-order valence-corrected chi connectivity index (χ4v) is 4.20. The van der Waals surface area contributed by atoms with E-state index in [-0.39, 0.29) is 0 Å². The van der Waals surface area contributed by atoms with E-state index in [1.165, 1.54) is 5.75 Å². The van der Waals surface area contributed by atoms with Crippen LogP contribution in [0.25, 0.3) is 0 Å².